The highest BCUT2D eigenvalue weighted by Crippen LogP contribution is 2.60. The van der Waals surface area contributed by atoms with Gasteiger partial charge in [0.25, 0.3) is 0 Å². The number of imidazole rings is 1. The number of aliphatic hydroxyl groups is 1. The molecule has 1 amide bonds. The number of aryl methyl sites for hydroxylation is 2. The molecule has 4 heterocycles. The predicted octanol–water partition coefficient (Wildman–Crippen LogP) is 8.57. The first-order chi connectivity index (χ1) is 26.6. The first-order valence-corrected chi connectivity index (χ1v) is 18.6. The van der Waals surface area contributed by atoms with E-state index in [0.29, 0.717) is 34.8 Å². The molecule has 290 valence electrons. The van der Waals surface area contributed by atoms with Crippen LogP contribution in [0, 0.1) is 18.6 Å². The number of ether oxygens (including phenoxy) is 1. The number of aliphatic imine (C=N–C) groups is 1. The number of anilines is 2. The Morgan fingerprint density at radius 1 is 1.15 bits per heavy atom. The summed E-state index contributed by atoms with van der Waals surface area (Å²) in [7, 11) is 3.08. The van der Waals surface area contributed by atoms with Crippen LogP contribution < -0.4 is 10.6 Å². The Kier molecular flexibility index (Phi) is 14.3. The third-order valence-electron chi connectivity index (χ3n) is 10.0. The highest BCUT2D eigenvalue weighted by Gasteiger charge is 2.52. The van der Waals surface area contributed by atoms with Crippen molar-refractivity contribution < 1.29 is 23.4 Å². The maximum Gasteiger partial charge on any atom is 0.211 e. The average Bonchev–Trinajstić information content (AvgIpc) is 3.84. The van der Waals surface area contributed by atoms with Crippen LogP contribution in [0.4, 0.5) is 20.2 Å². The number of halogens is 3. The third-order valence-corrected chi connectivity index (χ3v) is 10.3. The number of benzene rings is 3. The van der Waals surface area contributed by atoms with E-state index in [1.165, 1.54) is 29.7 Å². The van der Waals surface area contributed by atoms with E-state index in [2.05, 4.69) is 76.6 Å². The van der Waals surface area contributed by atoms with E-state index < -0.39 is 0 Å². The lowest BCUT2D eigenvalue weighted by molar-refractivity contribution is -0.105. The molecular weight excluding hydrogens is 722 g/mol. The molecule has 4 aromatic rings. The van der Waals surface area contributed by atoms with Gasteiger partial charge < -0.3 is 25.0 Å². The maximum absolute atomic E-state index is 13.9. The Balaban J connectivity index is 0.000000216. The van der Waals surface area contributed by atoms with E-state index in [9.17, 15) is 13.6 Å². The molecule has 3 aromatic carbocycles. The Hall–Kier alpha value is -4.94. The van der Waals surface area contributed by atoms with Gasteiger partial charge in [-0.2, -0.15) is 0 Å². The zero-order valence-electron chi connectivity index (χ0n) is 31.7. The van der Waals surface area contributed by atoms with Crippen LogP contribution in [0.5, 0.6) is 0 Å². The number of nitrogens with zero attached hydrogens (tertiary/aromatic N) is 4. The van der Waals surface area contributed by atoms with Crippen molar-refractivity contribution in [3.63, 3.8) is 0 Å². The van der Waals surface area contributed by atoms with E-state index in [4.69, 9.17) is 26.4 Å². The Morgan fingerprint density at radius 2 is 1.89 bits per heavy atom. The van der Waals surface area contributed by atoms with Crippen molar-refractivity contribution in [2.24, 2.45) is 12.0 Å². The minimum Gasteiger partial charge on any atom is -0.400 e. The molecule has 9 nitrogen and oxygen atoms in total. The molecule has 12 heteroatoms. The van der Waals surface area contributed by atoms with Crippen LogP contribution in [0.1, 0.15) is 48.2 Å². The minimum absolute atomic E-state index is 0.0866. The van der Waals surface area contributed by atoms with Gasteiger partial charge in [-0.25, -0.2) is 13.8 Å². The first-order valence-electron chi connectivity index (χ1n) is 18.3. The second kappa shape index (κ2) is 19.1. The summed E-state index contributed by atoms with van der Waals surface area (Å²) in [6.45, 7) is 14.3. The lowest BCUT2D eigenvalue weighted by Crippen LogP contribution is -2.29. The number of rotatable bonds is 9. The second-order valence-electron chi connectivity index (χ2n) is 13.7. The minimum atomic E-state index is -0.341. The van der Waals surface area contributed by atoms with Crippen LogP contribution in [0.2, 0.25) is 5.02 Å². The molecule has 3 N–H and O–H groups in total. The number of aromatic nitrogens is 2. The molecule has 55 heavy (non-hydrogen) atoms. The molecule has 1 spiro atoms. The molecule has 1 aliphatic carbocycles. The van der Waals surface area contributed by atoms with E-state index >= 15 is 0 Å². The van der Waals surface area contributed by atoms with Gasteiger partial charge in [-0.3, -0.25) is 14.7 Å². The number of fused-ring (bicyclic) bond motifs is 3. The van der Waals surface area contributed by atoms with Gasteiger partial charge in [-0.05, 0) is 110 Å². The largest absolute Gasteiger partial charge is 0.400 e. The number of aliphatic hydroxyl groups excluding tert-OH is 1. The van der Waals surface area contributed by atoms with Crippen LogP contribution in [-0.4, -0.2) is 66.1 Å². The molecule has 0 unspecified atom stereocenters. The van der Waals surface area contributed by atoms with Gasteiger partial charge in [0.15, 0.2) is 0 Å². The number of nitrogens with one attached hydrogen (secondary N) is 2. The topological polar surface area (TPSA) is 104 Å². The number of amides is 1. The van der Waals surface area contributed by atoms with Crippen molar-refractivity contribution in [1.29, 1.82) is 0 Å². The molecule has 4 aliphatic rings. The highest BCUT2D eigenvalue weighted by atomic mass is 35.5. The Labute approximate surface area is 326 Å². The van der Waals surface area contributed by atoms with Crippen LogP contribution in [-0.2, 0) is 35.0 Å². The molecular formula is C43H49ClF2N6O3. The van der Waals surface area contributed by atoms with Crippen LogP contribution >= 0.6 is 11.6 Å². The average molecular weight is 771 g/mol. The zero-order chi connectivity index (χ0) is 39.5. The fraction of sp³-hybridized carbons (Fsp3) is 0.326. The normalized spacial score (nSPS) is 16.7. The van der Waals surface area contributed by atoms with Gasteiger partial charge in [0.2, 0.25) is 6.41 Å². The summed E-state index contributed by atoms with van der Waals surface area (Å²) >= 11 is 5.81. The monoisotopic (exact) mass is 770 g/mol. The van der Waals surface area contributed by atoms with Crippen molar-refractivity contribution in [3.05, 3.63) is 136 Å². The fourth-order valence-electron chi connectivity index (χ4n) is 6.63. The van der Waals surface area contributed by atoms with Crippen LogP contribution in [0.25, 0.3) is 11.0 Å². The van der Waals surface area contributed by atoms with Crippen LogP contribution in [0.15, 0.2) is 101 Å². The SMILES string of the molecule is C1COC1.C=C1Nc2c(F)cc(NC=O)cc2C12CC2.C=N/C(=C\C=C/Cc1ccc(Cl)cc1F)C1=CCN(Cc2nc3cc(C)ccc3n2C)CC1.CO. The summed E-state index contributed by atoms with van der Waals surface area (Å²) in [6.07, 6.45) is 13.2. The molecule has 1 saturated carbocycles. The lowest BCUT2D eigenvalue weighted by Gasteiger charge is -2.26. The Bertz CT molecular complexity index is 2110. The molecule has 1 saturated heterocycles. The van der Waals surface area contributed by atoms with Crippen LogP contribution in [0.3, 0.4) is 0 Å². The summed E-state index contributed by atoms with van der Waals surface area (Å²) in [5.74, 6) is 0.443. The summed E-state index contributed by atoms with van der Waals surface area (Å²) in [4.78, 5) is 21.8. The van der Waals surface area contributed by atoms with Crippen molar-refractivity contribution in [2.45, 2.75) is 51.0 Å². The van der Waals surface area contributed by atoms with Gasteiger partial charge >= 0.3 is 0 Å². The number of carbonyl (C=O) groups is 1. The van der Waals surface area contributed by atoms with E-state index in [-0.39, 0.29) is 17.0 Å². The fourth-order valence-corrected chi connectivity index (χ4v) is 6.79. The molecule has 1 aromatic heterocycles. The van der Waals surface area contributed by atoms with E-state index in [1.807, 2.05) is 24.3 Å². The lowest BCUT2D eigenvalue weighted by atomic mass is 9.95. The first kappa shape index (κ1) is 41.2. The number of carbonyl (C=O) groups excluding carboxylic acids is 1. The molecule has 2 fully saturated rings. The van der Waals surface area contributed by atoms with E-state index in [1.54, 1.807) is 12.1 Å². The van der Waals surface area contributed by atoms with Crippen molar-refractivity contribution in [2.75, 3.05) is 44.0 Å². The van der Waals surface area contributed by atoms with Gasteiger partial charge in [-0.15, -0.1) is 0 Å². The van der Waals surface area contributed by atoms with Crippen molar-refractivity contribution >= 4 is 47.1 Å². The third kappa shape index (κ3) is 10.0. The number of hydrogen-bond acceptors (Lipinski definition) is 7. The van der Waals surface area contributed by atoms with Gasteiger partial charge in [-0.1, -0.05) is 48.5 Å². The summed E-state index contributed by atoms with van der Waals surface area (Å²) < 4.78 is 34.6. The van der Waals surface area contributed by atoms with Gasteiger partial charge in [0.1, 0.15) is 17.5 Å². The van der Waals surface area contributed by atoms with E-state index in [0.717, 1.165) is 93.0 Å². The smallest absolute Gasteiger partial charge is 0.211 e. The standard InChI is InChI=1S/C27H28ClFN4.C12H11FN2O.C3H6O.CH4O/c1-19-8-11-26-25(16-19)31-27(32(26)3)18-33-14-12-21(13-15-33)24(30-2)7-5-4-6-20-9-10-22(28)17-23(20)29;1-7-12(2-3-12)9-4-8(14-6-16)5-10(13)11(9)15-7;1-2-4-3-1;1-2/h4-5,7-12,16-17H,2,6,13-15,18H2,1,3H3;4-6,15H,1-3H2,(H,14,16);1-3H2;2H,1H3/b5-4-,24-7-;;;. The summed E-state index contributed by atoms with van der Waals surface area (Å²) in [5, 5.41) is 12.9. The summed E-state index contributed by atoms with van der Waals surface area (Å²) in [6, 6.07) is 14.3. The number of allylic oxidation sites excluding steroid dienone is 5. The zero-order valence-corrected chi connectivity index (χ0v) is 32.4. The molecule has 8 rings (SSSR count). The van der Waals surface area contributed by atoms with Gasteiger partial charge in [0.05, 0.1) is 29.0 Å². The van der Waals surface area contributed by atoms with Gasteiger partial charge in [0, 0.05) is 62.3 Å². The van der Waals surface area contributed by atoms with Crippen molar-refractivity contribution in [3.8, 4) is 0 Å². The van der Waals surface area contributed by atoms with Crippen molar-refractivity contribution in [1.82, 2.24) is 14.5 Å². The highest BCUT2D eigenvalue weighted by molar-refractivity contribution is 6.30. The molecule has 0 atom stereocenters. The second-order valence-corrected chi connectivity index (χ2v) is 14.1. The predicted molar refractivity (Wildman–Crippen MR) is 219 cm³/mol. The molecule has 0 radical (unpaired) electrons. The molecule has 0 bridgehead atoms. The summed E-state index contributed by atoms with van der Waals surface area (Å²) in [5.41, 5.74) is 8.80. The quantitative estimate of drug-likeness (QED) is 0.0896. The Morgan fingerprint density at radius 3 is 2.51 bits per heavy atom. The molecule has 3 aliphatic heterocycles. The number of hydrogen-bond donors (Lipinski definition) is 3. The maximum atomic E-state index is 13.9.